The number of rotatable bonds is 6. The molecule has 1 aliphatic rings. The number of H-pyrrole nitrogens is 1. The topological polar surface area (TPSA) is 76.4 Å². The molecule has 2 aromatic heterocycles. The van der Waals surface area contributed by atoms with Gasteiger partial charge in [0.2, 0.25) is 0 Å². The lowest BCUT2D eigenvalue weighted by molar-refractivity contribution is -0.138. The van der Waals surface area contributed by atoms with Crippen molar-refractivity contribution in [3.8, 4) is 11.3 Å². The van der Waals surface area contributed by atoms with Crippen molar-refractivity contribution in [2.45, 2.75) is 26.8 Å². The number of nitrogens with zero attached hydrogens (tertiary/aromatic N) is 2. The smallest absolute Gasteiger partial charge is 0.338 e. The Labute approximate surface area is 268 Å². The summed E-state index contributed by atoms with van der Waals surface area (Å²) in [4.78, 5) is 37.2. The number of hydrogen-bond donors (Lipinski definition) is 1. The number of halogens is 1. The molecular formula is C38H30FN3O3S. The maximum Gasteiger partial charge on any atom is 0.338 e. The zero-order chi connectivity index (χ0) is 31.9. The van der Waals surface area contributed by atoms with Gasteiger partial charge in [-0.1, -0.05) is 95.8 Å². The van der Waals surface area contributed by atoms with Gasteiger partial charge < -0.3 is 9.72 Å². The van der Waals surface area contributed by atoms with E-state index in [-0.39, 0.29) is 17.7 Å². The van der Waals surface area contributed by atoms with Crippen LogP contribution < -0.4 is 14.9 Å². The summed E-state index contributed by atoms with van der Waals surface area (Å²) in [6, 6.07) is 28.6. The van der Waals surface area contributed by atoms with Crippen LogP contribution in [0.2, 0.25) is 0 Å². The number of aromatic nitrogens is 2. The third-order valence-corrected chi connectivity index (χ3v) is 9.17. The Morgan fingerprint density at radius 3 is 2.33 bits per heavy atom. The van der Waals surface area contributed by atoms with Crippen molar-refractivity contribution in [3.63, 3.8) is 0 Å². The first-order valence-corrected chi connectivity index (χ1v) is 15.9. The largest absolute Gasteiger partial charge is 0.463 e. The summed E-state index contributed by atoms with van der Waals surface area (Å²) in [5.41, 5.74) is 7.65. The molecule has 1 N–H and O–H groups in total. The highest BCUT2D eigenvalue weighted by molar-refractivity contribution is 7.07. The Kier molecular flexibility index (Phi) is 7.58. The molecule has 0 saturated carbocycles. The molecule has 7 rings (SSSR count). The highest BCUT2D eigenvalue weighted by Gasteiger charge is 2.35. The van der Waals surface area contributed by atoms with Crippen molar-refractivity contribution in [1.82, 2.24) is 9.55 Å². The average molecular weight is 628 g/mol. The van der Waals surface area contributed by atoms with E-state index in [2.05, 4.69) is 31.0 Å². The summed E-state index contributed by atoms with van der Waals surface area (Å²) in [6.45, 7) is 6.01. The van der Waals surface area contributed by atoms with E-state index in [1.807, 2.05) is 66.7 Å². The SMILES string of the molecule is CCOC(=O)C1=C(c2ccccc2)N=c2s/c(=C\c3c(-c4ccccc4)[nH]c4c(C)cc(C)cc34)c(=O)n2[C@H]1c1ccc(F)cc1. The van der Waals surface area contributed by atoms with Gasteiger partial charge in [-0.3, -0.25) is 9.36 Å². The quantitative estimate of drug-likeness (QED) is 0.206. The van der Waals surface area contributed by atoms with Gasteiger partial charge in [0.05, 0.1) is 34.1 Å². The van der Waals surface area contributed by atoms with Crippen LogP contribution in [0.15, 0.2) is 112 Å². The van der Waals surface area contributed by atoms with Gasteiger partial charge in [0.1, 0.15) is 5.82 Å². The van der Waals surface area contributed by atoms with Crippen molar-refractivity contribution in [3.05, 3.63) is 156 Å². The van der Waals surface area contributed by atoms with Gasteiger partial charge in [-0.2, -0.15) is 0 Å². The predicted octanol–water partition coefficient (Wildman–Crippen LogP) is 6.84. The van der Waals surface area contributed by atoms with Gasteiger partial charge >= 0.3 is 5.97 Å². The van der Waals surface area contributed by atoms with Crippen LogP contribution in [0.3, 0.4) is 0 Å². The van der Waals surface area contributed by atoms with E-state index in [1.54, 1.807) is 19.1 Å². The molecule has 4 aromatic carbocycles. The summed E-state index contributed by atoms with van der Waals surface area (Å²) in [5, 5.41) is 1.01. The molecule has 0 radical (unpaired) electrons. The van der Waals surface area contributed by atoms with E-state index in [0.29, 0.717) is 26.2 Å². The number of ether oxygens (including phenoxy) is 1. The second kappa shape index (κ2) is 11.9. The van der Waals surface area contributed by atoms with Crippen LogP contribution in [0.4, 0.5) is 4.39 Å². The fourth-order valence-electron chi connectivity index (χ4n) is 6.19. The van der Waals surface area contributed by atoms with E-state index < -0.39 is 17.8 Å². The molecule has 46 heavy (non-hydrogen) atoms. The number of nitrogens with one attached hydrogen (secondary N) is 1. The van der Waals surface area contributed by atoms with E-state index in [4.69, 9.17) is 9.73 Å². The Morgan fingerprint density at radius 1 is 0.978 bits per heavy atom. The van der Waals surface area contributed by atoms with E-state index >= 15 is 0 Å². The number of aromatic amines is 1. The van der Waals surface area contributed by atoms with Crippen LogP contribution >= 0.6 is 11.3 Å². The third kappa shape index (κ3) is 5.10. The number of carbonyl (C=O) groups is 1. The molecule has 0 spiro atoms. The number of aryl methyl sites for hydroxylation is 2. The average Bonchev–Trinajstić information content (AvgIpc) is 3.58. The van der Waals surface area contributed by atoms with Crippen LogP contribution in [0.1, 0.15) is 40.8 Å². The molecular weight excluding hydrogens is 598 g/mol. The fourth-order valence-corrected chi connectivity index (χ4v) is 7.17. The third-order valence-electron chi connectivity index (χ3n) is 8.19. The second-order valence-corrected chi connectivity index (χ2v) is 12.3. The minimum Gasteiger partial charge on any atom is -0.463 e. The van der Waals surface area contributed by atoms with E-state index in [1.165, 1.54) is 28.0 Å². The summed E-state index contributed by atoms with van der Waals surface area (Å²) < 4.78 is 21.7. The number of fused-ring (bicyclic) bond motifs is 2. The maximum atomic E-state index is 14.5. The highest BCUT2D eigenvalue weighted by atomic mass is 32.1. The van der Waals surface area contributed by atoms with E-state index in [9.17, 15) is 14.0 Å². The predicted molar refractivity (Wildman–Crippen MR) is 181 cm³/mol. The molecule has 1 aliphatic heterocycles. The Balaban J connectivity index is 1.55. The summed E-state index contributed by atoms with van der Waals surface area (Å²) >= 11 is 1.26. The lowest BCUT2D eigenvalue weighted by Gasteiger charge is -2.25. The number of thiazole rings is 1. The number of hydrogen-bond acceptors (Lipinski definition) is 5. The number of benzene rings is 4. The van der Waals surface area contributed by atoms with Gasteiger partial charge in [0.15, 0.2) is 4.80 Å². The van der Waals surface area contributed by atoms with Crippen LogP contribution in [0.5, 0.6) is 0 Å². The van der Waals surface area contributed by atoms with Gasteiger partial charge in [-0.25, -0.2) is 14.2 Å². The molecule has 3 heterocycles. The van der Waals surface area contributed by atoms with Crippen LogP contribution in [-0.2, 0) is 9.53 Å². The Morgan fingerprint density at radius 2 is 1.65 bits per heavy atom. The minimum atomic E-state index is -0.880. The monoisotopic (exact) mass is 627 g/mol. The van der Waals surface area contributed by atoms with Gasteiger partial charge in [-0.05, 0) is 61.7 Å². The highest BCUT2D eigenvalue weighted by Crippen LogP contribution is 2.36. The van der Waals surface area contributed by atoms with Gasteiger partial charge in [0.25, 0.3) is 5.56 Å². The molecule has 1 atom stereocenters. The first kappa shape index (κ1) is 29.4. The molecule has 6 aromatic rings. The fraction of sp³-hybridized carbons (Fsp3) is 0.132. The molecule has 0 fully saturated rings. The summed E-state index contributed by atoms with van der Waals surface area (Å²) in [5.74, 6) is -0.998. The molecule has 0 aliphatic carbocycles. The normalized spacial score (nSPS) is 14.8. The molecule has 0 saturated heterocycles. The molecule has 0 bridgehead atoms. The maximum absolute atomic E-state index is 14.5. The molecule has 228 valence electrons. The first-order valence-electron chi connectivity index (χ1n) is 15.1. The van der Waals surface area contributed by atoms with Crippen molar-refractivity contribution < 1.29 is 13.9 Å². The van der Waals surface area contributed by atoms with Crippen molar-refractivity contribution in [2.75, 3.05) is 6.61 Å². The van der Waals surface area contributed by atoms with E-state index in [0.717, 1.165) is 38.9 Å². The zero-order valence-corrected chi connectivity index (χ0v) is 26.3. The van der Waals surface area contributed by atoms with Crippen LogP contribution in [0.25, 0.3) is 33.9 Å². The Hall–Kier alpha value is -5.34. The summed E-state index contributed by atoms with van der Waals surface area (Å²) in [6.07, 6.45) is 1.92. The molecule has 8 heteroatoms. The summed E-state index contributed by atoms with van der Waals surface area (Å²) in [7, 11) is 0. The van der Waals surface area contributed by atoms with Crippen molar-refractivity contribution >= 4 is 40.0 Å². The van der Waals surface area contributed by atoms with Crippen LogP contribution in [0, 0.1) is 19.7 Å². The van der Waals surface area contributed by atoms with Crippen molar-refractivity contribution in [2.24, 2.45) is 4.99 Å². The lowest BCUT2D eigenvalue weighted by Crippen LogP contribution is -2.40. The Bertz CT molecular complexity index is 2330. The standard InChI is InChI=1S/C38H30FN3O3S/c1-4-45-37(44)31-34(25-13-9-6-10-14-25)41-38-42(35(31)26-15-17-27(39)18-16-26)36(43)30(46-38)21-29-28-20-22(2)19-23(3)32(28)40-33(29)24-11-7-5-8-12-24/h5-21,35,40H,4H2,1-3H3/b30-21-/t35-/m0/s1. The lowest BCUT2D eigenvalue weighted by atomic mass is 9.93. The van der Waals surface area contributed by atoms with Gasteiger partial charge in [0, 0.05) is 22.0 Å². The zero-order valence-electron chi connectivity index (χ0n) is 25.5. The van der Waals surface area contributed by atoms with Gasteiger partial charge in [-0.15, -0.1) is 0 Å². The molecule has 0 amide bonds. The second-order valence-electron chi connectivity index (χ2n) is 11.3. The number of carbonyl (C=O) groups excluding carboxylic acids is 1. The molecule has 0 unspecified atom stereocenters. The van der Waals surface area contributed by atoms with Crippen molar-refractivity contribution in [1.29, 1.82) is 0 Å². The minimum absolute atomic E-state index is 0.145. The number of esters is 1. The molecule has 6 nitrogen and oxygen atoms in total. The van der Waals surface area contributed by atoms with Crippen LogP contribution in [-0.4, -0.2) is 22.1 Å². The first-order chi connectivity index (χ1) is 22.3.